The summed E-state index contributed by atoms with van der Waals surface area (Å²) in [6, 6.07) is 24.5. The molecule has 1 unspecified atom stereocenters. The number of benzene rings is 2. The molecule has 3 rings (SSSR count). The van der Waals surface area contributed by atoms with Gasteiger partial charge < -0.3 is 0 Å². The molecule has 1 atom stereocenters. The predicted octanol–water partition coefficient (Wildman–Crippen LogP) is 2.61. The average molecular weight is 378 g/mol. The van der Waals surface area contributed by atoms with Crippen LogP contribution in [0.4, 0.5) is 0 Å². The summed E-state index contributed by atoms with van der Waals surface area (Å²) in [6.45, 7) is 10.1. The lowest BCUT2D eigenvalue weighted by atomic mass is 10.0. The van der Waals surface area contributed by atoms with Crippen LogP contribution in [-0.4, -0.2) is 49.6 Å². The maximum absolute atomic E-state index is 9.20. The Morgan fingerprint density at radius 2 is 1.52 bits per heavy atom. The second kappa shape index (κ2) is 8.84. The highest BCUT2D eigenvalue weighted by atomic mass is 28.3. The van der Waals surface area contributed by atoms with E-state index in [1.54, 1.807) is 0 Å². The van der Waals surface area contributed by atoms with E-state index in [1.165, 1.54) is 16.8 Å². The third kappa shape index (κ3) is 4.68. The smallest absolute Gasteiger partial charge is 0.138 e. The van der Waals surface area contributed by atoms with E-state index < -0.39 is 8.80 Å². The minimum absolute atomic E-state index is 0.102. The summed E-state index contributed by atoms with van der Waals surface area (Å²) in [7, 11) is -1.55. The minimum Gasteiger partial charge on any atom is -0.289 e. The van der Waals surface area contributed by atoms with Crippen LogP contribution >= 0.6 is 0 Å². The van der Waals surface area contributed by atoms with Crippen LogP contribution < -0.4 is 10.4 Å². The lowest BCUT2D eigenvalue weighted by Crippen LogP contribution is -2.71. The first-order chi connectivity index (χ1) is 13.0. The van der Waals surface area contributed by atoms with Gasteiger partial charge in [0.2, 0.25) is 0 Å². The first-order valence-electron chi connectivity index (χ1n) is 10.00. The van der Waals surface area contributed by atoms with Crippen molar-refractivity contribution >= 4 is 19.2 Å². The van der Waals surface area contributed by atoms with Gasteiger partial charge in [-0.3, -0.25) is 9.80 Å². The van der Waals surface area contributed by atoms with Gasteiger partial charge in [0.05, 0.1) is 11.9 Å². The summed E-state index contributed by atoms with van der Waals surface area (Å²) in [5.74, 6) is 0.386. The molecule has 1 heterocycles. The van der Waals surface area contributed by atoms with Crippen LogP contribution in [0.1, 0.15) is 33.6 Å². The highest BCUT2D eigenvalue weighted by Crippen LogP contribution is 2.26. The van der Waals surface area contributed by atoms with Crippen molar-refractivity contribution in [1.82, 2.24) is 9.80 Å². The van der Waals surface area contributed by atoms with Gasteiger partial charge in [0, 0.05) is 31.6 Å². The lowest BCUT2D eigenvalue weighted by Gasteiger charge is -2.52. The Morgan fingerprint density at radius 3 is 2.00 bits per heavy atom. The molecule has 3 nitrogen and oxygen atoms in total. The molecule has 1 fully saturated rings. The molecular weight excluding hydrogens is 346 g/mol. The summed E-state index contributed by atoms with van der Waals surface area (Å²) in [4.78, 5) is 5.29. The summed E-state index contributed by atoms with van der Waals surface area (Å²) in [5, 5.41) is 12.2. The van der Waals surface area contributed by atoms with E-state index in [2.05, 4.69) is 97.3 Å². The van der Waals surface area contributed by atoms with E-state index >= 15 is 0 Å². The van der Waals surface area contributed by atoms with Crippen molar-refractivity contribution in [3.8, 4) is 6.07 Å². The lowest BCUT2D eigenvalue weighted by molar-refractivity contribution is -0.00629. The third-order valence-electron chi connectivity index (χ3n) is 5.53. The van der Waals surface area contributed by atoms with Crippen molar-refractivity contribution in [3.63, 3.8) is 0 Å². The predicted molar refractivity (Wildman–Crippen MR) is 116 cm³/mol. The van der Waals surface area contributed by atoms with Crippen molar-refractivity contribution in [2.75, 3.05) is 19.6 Å². The van der Waals surface area contributed by atoms with E-state index in [1.807, 2.05) is 0 Å². The molecule has 1 aliphatic heterocycles. The fourth-order valence-corrected chi connectivity index (χ4v) is 8.35. The van der Waals surface area contributed by atoms with Crippen LogP contribution in [0.5, 0.6) is 0 Å². The summed E-state index contributed by atoms with van der Waals surface area (Å²) in [6.07, 6.45) is 1.77. The largest absolute Gasteiger partial charge is 0.289 e. The van der Waals surface area contributed by atoms with Crippen LogP contribution in [0.25, 0.3) is 0 Å². The maximum atomic E-state index is 9.20. The Hall–Kier alpha value is -1.93. The molecule has 0 amide bonds. The number of nitrogens with zero attached hydrogens (tertiary/aromatic N) is 3. The molecule has 0 saturated carbocycles. The Labute approximate surface area is 165 Å². The molecule has 2 aromatic rings. The molecule has 0 aliphatic carbocycles. The second-order valence-corrected chi connectivity index (χ2v) is 11.3. The maximum Gasteiger partial charge on any atom is 0.138 e. The highest BCUT2D eigenvalue weighted by Gasteiger charge is 2.42. The fourth-order valence-electron chi connectivity index (χ4n) is 4.32. The average Bonchev–Trinajstić information content (AvgIpc) is 2.68. The van der Waals surface area contributed by atoms with Crippen molar-refractivity contribution in [3.05, 3.63) is 60.7 Å². The Kier molecular flexibility index (Phi) is 6.49. The van der Waals surface area contributed by atoms with Crippen LogP contribution in [-0.2, 0) is 0 Å². The van der Waals surface area contributed by atoms with Crippen molar-refractivity contribution in [1.29, 1.82) is 5.26 Å². The monoisotopic (exact) mass is 377 g/mol. The van der Waals surface area contributed by atoms with Crippen LogP contribution in [0.2, 0.25) is 0 Å². The van der Waals surface area contributed by atoms with E-state index in [9.17, 15) is 5.26 Å². The van der Waals surface area contributed by atoms with E-state index in [0.29, 0.717) is 12.2 Å². The number of rotatable bonds is 5. The topological polar surface area (TPSA) is 30.3 Å². The van der Waals surface area contributed by atoms with Crippen LogP contribution in [0.3, 0.4) is 0 Å². The second-order valence-electron chi connectivity index (χ2n) is 8.37. The molecule has 0 spiro atoms. The molecular formula is C23H31N3Si. The molecule has 27 heavy (non-hydrogen) atoms. The van der Waals surface area contributed by atoms with Crippen LogP contribution in [0, 0.1) is 11.3 Å². The summed E-state index contributed by atoms with van der Waals surface area (Å²) < 4.78 is 0. The van der Waals surface area contributed by atoms with Gasteiger partial charge in [-0.2, -0.15) is 5.26 Å². The zero-order valence-corrected chi connectivity index (χ0v) is 18.0. The summed E-state index contributed by atoms with van der Waals surface area (Å²) in [5.41, 5.74) is 0.102. The third-order valence-corrected chi connectivity index (χ3v) is 9.11. The van der Waals surface area contributed by atoms with E-state index in [4.69, 9.17) is 0 Å². The van der Waals surface area contributed by atoms with Gasteiger partial charge in [-0.05, 0) is 27.2 Å². The number of hydrogen-bond donors (Lipinski definition) is 0. The van der Waals surface area contributed by atoms with Gasteiger partial charge in [-0.1, -0.05) is 71.0 Å². The summed E-state index contributed by atoms with van der Waals surface area (Å²) >= 11 is 0. The SMILES string of the molecule is CC(C)(C)N1CCCN(CCC#N)C1[SiH](c1ccccc1)c1ccccc1. The van der Waals surface area contributed by atoms with Gasteiger partial charge in [-0.15, -0.1) is 0 Å². The van der Waals surface area contributed by atoms with Crippen molar-refractivity contribution < 1.29 is 0 Å². The fraction of sp³-hybridized carbons (Fsp3) is 0.435. The van der Waals surface area contributed by atoms with Gasteiger partial charge in [0.25, 0.3) is 0 Å². The van der Waals surface area contributed by atoms with Gasteiger partial charge in [-0.25, -0.2) is 0 Å². The molecule has 1 aliphatic rings. The zero-order chi connectivity index (χ0) is 19.3. The Morgan fingerprint density at radius 1 is 0.963 bits per heavy atom. The quantitative estimate of drug-likeness (QED) is 0.751. The normalized spacial score (nSPS) is 19.1. The number of hydrogen-bond acceptors (Lipinski definition) is 3. The van der Waals surface area contributed by atoms with E-state index in [-0.39, 0.29) is 5.54 Å². The Balaban J connectivity index is 2.10. The van der Waals surface area contributed by atoms with Crippen molar-refractivity contribution in [2.24, 2.45) is 0 Å². The van der Waals surface area contributed by atoms with Gasteiger partial charge in [0.15, 0.2) is 0 Å². The van der Waals surface area contributed by atoms with Gasteiger partial charge in [0.1, 0.15) is 8.80 Å². The van der Waals surface area contributed by atoms with Crippen molar-refractivity contribution in [2.45, 2.75) is 44.9 Å². The molecule has 4 heteroatoms. The standard InChI is InChI=1S/C23H31N3Si/c1-23(2,3)26-19-11-18-25(17-10-16-24)22(26)27(20-12-6-4-7-13-20)21-14-8-5-9-15-21/h4-9,12-15,22,27H,10-11,17-19H2,1-3H3. The molecule has 0 bridgehead atoms. The molecule has 0 aromatic heterocycles. The number of nitriles is 1. The molecule has 0 N–H and O–H groups in total. The minimum atomic E-state index is -1.55. The first kappa shape index (κ1) is 19.8. The molecule has 0 radical (unpaired) electrons. The Bertz CT molecular complexity index is 709. The highest BCUT2D eigenvalue weighted by molar-refractivity contribution is 6.86. The first-order valence-corrected chi connectivity index (χ1v) is 11.8. The molecule has 2 aromatic carbocycles. The molecule has 142 valence electrons. The zero-order valence-electron chi connectivity index (χ0n) is 16.8. The van der Waals surface area contributed by atoms with Gasteiger partial charge >= 0.3 is 0 Å². The van der Waals surface area contributed by atoms with Crippen LogP contribution in [0.15, 0.2) is 60.7 Å². The van der Waals surface area contributed by atoms with E-state index in [0.717, 1.165) is 19.6 Å². The molecule has 1 saturated heterocycles.